The molecule has 2 aromatic rings. The molecule has 0 N–H and O–H groups in total. The first-order chi connectivity index (χ1) is 11.2. The monoisotopic (exact) mass is 313 g/mol. The number of aromatic nitrogens is 2. The van der Waals surface area contributed by atoms with Crippen LogP contribution in [0, 0.1) is 5.92 Å². The molecule has 1 saturated heterocycles. The molecule has 1 fully saturated rings. The molecular weight excluding hydrogens is 290 g/mol. The minimum Gasteiger partial charge on any atom is -0.381 e. The summed E-state index contributed by atoms with van der Waals surface area (Å²) < 4.78 is 7.44. The topological polar surface area (TPSA) is 47.4 Å². The van der Waals surface area contributed by atoms with Crippen molar-refractivity contribution in [3.63, 3.8) is 0 Å². The Labute approximate surface area is 136 Å². The fourth-order valence-electron chi connectivity index (χ4n) is 2.86. The van der Waals surface area contributed by atoms with Crippen molar-refractivity contribution in [2.45, 2.75) is 25.9 Å². The van der Waals surface area contributed by atoms with Crippen molar-refractivity contribution in [1.82, 2.24) is 14.5 Å². The van der Waals surface area contributed by atoms with Gasteiger partial charge < -0.3 is 14.2 Å². The van der Waals surface area contributed by atoms with E-state index in [-0.39, 0.29) is 5.91 Å². The minimum atomic E-state index is 0.162. The van der Waals surface area contributed by atoms with Gasteiger partial charge in [0, 0.05) is 45.6 Å². The molecule has 1 atom stereocenters. The Kier molecular flexibility index (Phi) is 5.08. The highest BCUT2D eigenvalue weighted by molar-refractivity contribution is 5.76. The molecule has 5 heteroatoms. The van der Waals surface area contributed by atoms with Crippen LogP contribution in [0.1, 0.15) is 24.2 Å². The molecule has 1 unspecified atom stereocenters. The van der Waals surface area contributed by atoms with Crippen LogP contribution in [-0.4, -0.2) is 40.6 Å². The van der Waals surface area contributed by atoms with E-state index in [0.29, 0.717) is 25.5 Å². The molecule has 23 heavy (non-hydrogen) atoms. The normalized spacial score (nSPS) is 17.3. The summed E-state index contributed by atoms with van der Waals surface area (Å²) in [6.07, 6.45) is 5.31. The van der Waals surface area contributed by atoms with E-state index in [4.69, 9.17) is 4.74 Å². The second-order valence-electron chi connectivity index (χ2n) is 6.14. The number of carbonyl (C=O) groups is 1. The van der Waals surface area contributed by atoms with Gasteiger partial charge in [0.05, 0.1) is 6.54 Å². The number of hydrogen-bond donors (Lipinski definition) is 0. The van der Waals surface area contributed by atoms with Crippen LogP contribution in [0.5, 0.6) is 0 Å². The first-order valence-corrected chi connectivity index (χ1v) is 8.08. The molecule has 0 bridgehead atoms. The molecular formula is C18H23N3O2. The highest BCUT2D eigenvalue weighted by Gasteiger charge is 2.21. The van der Waals surface area contributed by atoms with Crippen LogP contribution in [0.4, 0.5) is 0 Å². The van der Waals surface area contributed by atoms with Crippen molar-refractivity contribution in [1.29, 1.82) is 0 Å². The molecule has 1 aromatic carbocycles. The van der Waals surface area contributed by atoms with Crippen LogP contribution >= 0.6 is 0 Å². The molecule has 0 aliphatic carbocycles. The molecule has 3 rings (SSSR count). The SMILES string of the molecule is CN(Cc1nccn1Cc1ccccc1)C(=O)CC1CCOC1. The quantitative estimate of drug-likeness (QED) is 0.822. The highest BCUT2D eigenvalue weighted by Crippen LogP contribution is 2.17. The van der Waals surface area contributed by atoms with Gasteiger partial charge in [-0.2, -0.15) is 0 Å². The van der Waals surface area contributed by atoms with Crippen molar-refractivity contribution in [2.75, 3.05) is 20.3 Å². The van der Waals surface area contributed by atoms with Gasteiger partial charge >= 0.3 is 0 Å². The van der Waals surface area contributed by atoms with Crippen LogP contribution in [0.25, 0.3) is 0 Å². The van der Waals surface area contributed by atoms with Crippen LogP contribution in [0.3, 0.4) is 0 Å². The van der Waals surface area contributed by atoms with E-state index in [9.17, 15) is 4.79 Å². The maximum atomic E-state index is 12.3. The first-order valence-electron chi connectivity index (χ1n) is 8.08. The number of hydrogen-bond acceptors (Lipinski definition) is 3. The standard InChI is InChI=1S/C18H23N3O2/c1-20(18(22)11-16-7-10-23-14-16)13-17-19-8-9-21(17)12-15-5-3-2-4-6-15/h2-6,8-9,16H,7,10-14H2,1H3. The van der Waals surface area contributed by atoms with E-state index < -0.39 is 0 Å². The molecule has 122 valence electrons. The van der Waals surface area contributed by atoms with Gasteiger partial charge in [0.15, 0.2) is 0 Å². The second-order valence-corrected chi connectivity index (χ2v) is 6.14. The lowest BCUT2D eigenvalue weighted by Gasteiger charge is -2.19. The van der Waals surface area contributed by atoms with Crippen molar-refractivity contribution in [3.8, 4) is 0 Å². The van der Waals surface area contributed by atoms with Gasteiger partial charge in [-0.3, -0.25) is 4.79 Å². The predicted molar refractivity (Wildman–Crippen MR) is 87.8 cm³/mol. The van der Waals surface area contributed by atoms with Gasteiger partial charge in [0.1, 0.15) is 5.82 Å². The Morgan fingerprint density at radius 1 is 1.39 bits per heavy atom. The summed E-state index contributed by atoms with van der Waals surface area (Å²) in [5.41, 5.74) is 1.23. The third-order valence-corrected chi connectivity index (χ3v) is 4.29. The number of rotatable bonds is 6. The van der Waals surface area contributed by atoms with E-state index in [0.717, 1.165) is 25.4 Å². The average molecular weight is 313 g/mol. The summed E-state index contributed by atoms with van der Waals surface area (Å²) in [6, 6.07) is 10.3. The fraction of sp³-hybridized carbons (Fsp3) is 0.444. The molecule has 1 amide bonds. The molecule has 2 heterocycles. The zero-order valence-electron chi connectivity index (χ0n) is 13.5. The number of nitrogens with zero attached hydrogens (tertiary/aromatic N) is 3. The van der Waals surface area contributed by atoms with Gasteiger partial charge in [0.25, 0.3) is 0 Å². The van der Waals surface area contributed by atoms with E-state index in [1.54, 1.807) is 11.1 Å². The van der Waals surface area contributed by atoms with Crippen molar-refractivity contribution in [2.24, 2.45) is 5.92 Å². The Balaban J connectivity index is 1.59. The first kappa shape index (κ1) is 15.7. The summed E-state index contributed by atoms with van der Waals surface area (Å²) in [6.45, 7) is 2.80. The Bertz CT molecular complexity index is 633. The average Bonchev–Trinajstić information content (AvgIpc) is 3.21. The number of amides is 1. The van der Waals surface area contributed by atoms with Crippen molar-refractivity contribution < 1.29 is 9.53 Å². The third kappa shape index (κ3) is 4.20. The maximum absolute atomic E-state index is 12.3. The Morgan fingerprint density at radius 3 is 2.96 bits per heavy atom. The molecule has 0 saturated carbocycles. The summed E-state index contributed by atoms with van der Waals surface area (Å²) in [5, 5.41) is 0. The van der Waals surface area contributed by atoms with Gasteiger partial charge in [-0.25, -0.2) is 4.98 Å². The molecule has 1 aliphatic rings. The number of carbonyl (C=O) groups excluding carboxylic acids is 1. The number of benzene rings is 1. The molecule has 5 nitrogen and oxygen atoms in total. The van der Waals surface area contributed by atoms with Crippen LogP contribution in [-0.2, 0) is 22.6 Å². The molecule has 1 aliphatic heterocycles. The zero-order valence-corrected chi connectivity index (χ0v) is 13.5. The fourth-order valence-corrected chi connectivity index (χ4v) is 2.86. The molecule has 0 radical (unpaired) electrons. The summed E-state index contributed by atoms with van der Waals surface area (Å²) in [5.74, 6) is 1.44. The van der Waals surface area contributed by atoms with E-state index in [1.165, 1.54) is 5.56 Å². The van der Waals surface area contributed by atoms with Crippen LogP contribution in [0.2, 0.25) is 0 Å². The lowest BCUT2D eigenvalue weighted by molar-refractivity contribution is -0.131. The second kappa shape index (κ2) is 7.42. The minimum absolute atomic E-state index is 0.162. The lowest BCUT2D eigenvalue weighted by atomic mass is 10.0. The summed E-state index contributed by atoms with van der Waals surface area (Å²) >= 11 is 0. The van der Waals surface area contributed by atoms with E-state index >= 15 is 0 Å². The Morgan fingerprint density at radius 2 is 2.22 bits per heavy atom. The predicted octanol–water partition coefficient (Wildman–Crippen LogP) is 2.32. The lowest BCUT2D eigenvalue weighted by Crippen LogP contribution is -2.29. The third-order valence-electron chi connectivity index (χ3n) is 4.29. The number of ether oxygens (including phenoxy) is 1. The Hall–Kier alpha value is -2.14. The van der Waals surface area contributed by atoms with Crippen LogP contribution in [0.15, 0.2) is 42.7 Å². The van der Waals surface area contributed by atoms with E-state index in [2.05, 4.69) is 21.7 Å². The van der Waals surface area contributed by atoms with Gasteiger partial charge in [0.2, 0.25) is 5.91 Å². The number of imidazole rings is 1. The van der Waals surface area contributed by atoms with Gasteiger partial charge in [-0.15, -0.1) is 0 Å². The van der Waals surface area contributed by atoms with Crippen molar-refractivity contribution >= 4 is 5.91 Å². The smallest absolute Gasteiger partial charge is 0.223 e. The highest BCUT2D eigenvalue weighted by atomic mass is 16.5. The summed E-state index contributed by atoms with van der Waals surface area (Å²) in [7, 11) is 1.85. The van der Waals surface area contributed by atoms with Gasteiger partial charge in [-0.05, 0) is 17.9 Å². The van der Waals surface area contributed by atoms with Crippen molar-refractivity contribution in [3.05, 3.63) is 54.1 Å². The molecule has 1 aromatic heterocycles. The van der Waals surface area contributed by atoms with Gasteiger partial charge in [-0.1, -0.05) is 30.3 Å². The van der Waals surface area contributed by atoms with Crippen LogP contribution < -0.4 is 0 Å². The summed E-state index contributed by atoms with van der Waals surface area (Å²) in [4.78, 5) is 18.5. The maximum Gasteiger partial charge on any atom is 0.223 e. The zero-order chi connectivity index (χ0) is 16.1. The molecule has 0 spiro atoms. The largest absolute Gasteiger partial charge is 0.381 e. The van der Waals surface area contributed by atoms with E-state index in [1.807, 2.05) is 31.4 Å².